The van der Waals surface area contributed by atoms with Crippen LogP contribution in [0.4, 0.5) is 9.18 Å². The number of aliphatic hydroxyl groups is 2. The molecular formula is C31H30BrFN4O5. The first kappa shape index (κ1) is 29.4. The molecule has 1 fully saturated rings. The number of carbonyl (C=O) groups is 2. The number of aryl methyl sites for hydroxylation is 1. The lowest BCUT2D eigenvalue weighted by atomic mass is 9.91. The van der Waals surface area contributed by atoms with E-state index in [2.05, 4.69) is 26.2 Å². The van der Waals surface area contributed by atoms with Crippen LogP contribution in [0, 0.1) is 12.7 Å². The van der Waals surface area contributed by atoms with Crippen LogP contribution in [0.25, 0.3) is 11.3 Å². The molecule has 1 saturated heterocycles. The van der Waals surface area contributed by atoms with Gasteiger partial charge in [-0.2, -0.15) is 0 Å². The number of imide groups is 1. The molecular weight excluding hydrogens is 607 g/mol. The van der Waals surface area contributed by atoms with Gasteiger partial charge in [0.15, 0.2) is 0 Å². The molecule has 1 aliphatic rings. The number of amides is 3. The lowest BCUT2D eigenvalue weighted by molar-refractivity contribution is -0.129. The minimum absolute atomic E-state index is 0.0868. The van der Waals surface area contributed by atoms with Crippen molar-refractivity contribution >= 4 is 27.9 Å². The van der Waals surface area contributed by atoms with Crippen LogP contribution in [0.3, 0.4) is 0 Å². The second-order valence-corrected chi connectivity index (χ2v) is 11.1. The van der Waals surface area contributed by atoms with Gasteiger partial charge in [-0.05, 0) is 48.4 Å². The summed E-state index contributed by atoms with van der Waals surface area (Å²) in [7, 11) is 0. The summed E-state index contributed by atoms with van der Waals surface area (Å²) in [6.07, 6.45) is -1.01. The van der Waals surface area contributed by atoms with E-state index in [0.29, 0.717) is 38.6 Å². The third-order valence-electron chi connectivity index (χ3n) is 7.28. The highest BCUT2D eigenvalue weighted by Gasteiger charge is 2.46. The monoisotopic (exact) mass is 636 g/mol. The maximum atomic E-state index is 14.9. The molecule has 0 radical (unpaired) electrons. The molecule has 9 nitrogen and oxygen atoms in total. The first-order valence-corrected chi connectivity index (χ1v) is 14.2. The number of hydrogen-bond acceptors (Lipinski definition) is 6. The number of carbonyl (C=O) groups excluding carboxylic acids is 2. The Morgan fingerprint density at radius 1 is 1.10 bits per heavy atom. The zero-order valence-corrected chi connectivity index (χ0v) is 24.5. The zero-order valence-electron chi connectivity index (χ0n) is 22.9. The summed E-state index contributed by atoms with van der Waals surface area (Å²) in [5, 5.41) is 21.3. The fraction of sp³-hybridized carbons (Fsp3) is 0.258. The summed E-state index contributed by atoms with van der Waals surface area (Å²) < 4.78 is 21.0. The Bertz CT molecular complexity index is 1580. The van der Waals surface area contributed by atoms with E-state index in [1.807, 2.05) is 37.3 Å². The van der Waals surface area contributed by atoms with Crippen molar-refractivity contribution in [1.29, 1.82) is 0 Å². The summed E-state index contributed by atoms with van der Waals surface area (Å²) in [5.74, 6) is -0.471. The van der Waals surface area contributed by atoms with Gasteiger partial charge in [-0.25, -0.2) is 14.2 Å². The largest absolute Gasteiger partial charge is 0.491 e. The summed E-state index contributed by atoms with van der Waals surface area (Å²) in [4.78, 5) is 36.5. The van der Waals surface area contributed by atoms with Crippen LogP contribution in [0.15, 0.2) is 77.3 Å². The molecule has 1 aliphatic heterocycles. The minimum atomic E-state index is -1.01. The second kappa shape index (κ2) is 12.4. The predicted molar refractivity (Wildman–Crippen MR) is 157 cm³/mol. The molecule has 4 aromatic rings. The lowest BCUT2D eigenvalue weighted by Gasteiger charge is -2.29. The van der Waals surface area contributed by atoms with E-state index < -0.39 is 42.6 Å². The molecule has 4 N–H and O–H groups in total. The minimum Gasteiger partial charge on any atom is -0.491 e. The number of benzene rings is 3. The van der Waals surface area contributed by atoms with Crippen molar-refractivity contribution in [3.05, 3.63) is 106 Å². The van der Waals surface area contributed by atoms with Gasteiger partial charge in [-0.3, -0.25) is 9.69 Å². The van der Waals surface area contributed by atoms with Gasteiger partial charge in [0.1, 0.15) is 42.2 Å². The normalized spacial score (nSPS) is 17.2. The molecule has 0 spiro atoms. The smallest absolute Gasteiger partial charge is 0.325 e. The van der Waals surface area contributed by atoms with Gasteiger partial charge < -0.3 is 25.3 Å². The molecule has 4 atom stereocenters. The first-order valence-electron chi connectivity index (χ1n) is 13.4. The van der Waals surface area contributed by atoms with E-state index in [4.69, 9.17) is 14.8 Å². The Morgan fingerprint density at radius 3 is 2.48 bits per heavy atom. The molecule has 218 valence electrons. The molecule has 5 rings (SSSR count). The van der Waals surface area contributed by atoms with Crippen LogP contribution in [0.1, 0.15) is 47.6 Å². The number of rotatable bonds is 10. The number of imidazole rings is 1. The van der Waals surface area contributed by atoms with Gasteiger partial charge in [-0.1, -0.05) is 65.3 Å². The molecule has 0 bridgehead atoms. The van der Waals surface area contributed by atoms with E-state index >= 15 is 0 Å². The van der Waals surface area contributed by atoms with E-state index in [1.54, 1.807) is 43.3 Å². The molecule has 42 heavy (non-hydrogen) atoms. The fourth-order valence-electron chi connectivity index (χ4n) is 5.07. The number of aromatic amines is 1. The Balaban J connectivity index is 1.49. The maximum Gasteiger partial charge on any atom is 0.325 e. The van der Waals surface area contributed by atoms with Crippen LogP contribution in [-0.4, -0.2) is 56.3 Å². The number of hydrogen-bond donors (Lipinski definition) is 4. The van der Waals surface area contributed by atoms with Gasteiger partial charge in [-0.15, -0.1) is 0 Å². The van der Waals surface area contributed by atoms with Crippen molar-refractivity contribution in [2.75, 3.05) is 13.2 Å². The summed E-state index contributed by atoms with van der Waals surface area (Å²) in [5.41, 5.74) is 2.73. The highest BCUT2D eigenvalue weighted by molar-refractivity contribution is 9.10. The van der Waals surface area contributed by atoms with Crippen LogP contribution in [0.2, 0.25) is 0 Å². The SMILES string of the molecule is Cc1[nH]c([C@H]([C@@H](C)c2ccccc2)N2C(=O)N[C@H](c3ccc(OC[C@H](O)CO)cc3)C2=O)nc1-c1ccc(Br)cc1F. The number of aliphatic hydroxyl groups excluding tert-OH is 2. The molecule has 2 heterocycles. The predicted octanol–water partition coefficient (Wildman–Crippen LogP) is 5.16. The Morgan fingerprint density at radius 2 is 1.81 bits per heavy atom. The van der Waals surface area contributed by atoms with Crippen molar-refractivity contribution in [3.8, 4) is 17.0 Å². The molecule has 1 aromatic heterocycles. The number of halogens is 2. The Hall–Kier alpha value is -4.06. The number of ether oxygens (including phenoxy) is 1. The lowest BCUT2D eigenvalue weighted by Crippen LogP contribution is -2.38. The number of aromatic nitrogens is 2. The maximum absolute atomic E-state index is 14.9. The van der Waals surface area contributed by atoms with Crippen LogP contribution in [0.5, 0.6) is 5.75 Å². The number of nitrogens with one attached hydrogen (secondary N) is 2. The van der Waals surface area contributed by atoms with Crippen LogP contribution in [-0.2, 0) is 4.79 Å². The van der Waals surface area contributed by atoms with E-state index in [9.17, 15) is 19.1 Å². The fourth-order valence-corrected chi connectivity index (χ4v) is 5.41. The average Bonchev–Trinajstić information content (AvgIpc) is 3.51. The zero-order chi connectivity index (χ0) is 30.0. The van der Waals surface area contributed by atoms with Crippen molar-refractivity contribution in [2.45, 2.75) is 38.0 Å². The topological polar surface area (TPSA) is 128 Å². The molecule has 0 aliphatic carbocycles. The summed E-state index contributed by atoms with van der Waals surface area (Å²) >= 11 is 3.28. The van der Waals surface area contributed by atoms with E-state index in [-0.39, 0.29) is 12.5 Å². The highest BCUT2D eigenvalue weighted by Crippen LogP contribution is 2.40. The van der Waals surface area contributed by atoms with Gasteiger partial charge in [0, 0.05) is 21.6 Å². The molecule has 3 aromatic carbocycles. The van der Waals surface area contributed by atoms with Crippen molar-refractivity contribution in [3.63, 3.8) is 0 Å². The van der Waals surface area contributed by atoms with Gasteiger partial charge in [0.2, 0.25) is 0 Å². The second-order valence-electron chi connectivity index (χ2n) is 10.2. The summed E-state index contributed by atoms with van der Waals surface area (Å²) in [6.45, 7) is 3.18. The quantitative estimate of drug-likeness (QED) is 0.178. The van der Waals surface area contributed by atoms with Gasteiger partial charge in [0.25, 0.3) is 5.91 Å². The third-order valence-corrected chi connectivity index (χ3v) is 7.78. The number of urea groups is 1. The van der Waals surface area contributed by atoms with Crippen molar-refractivity contribution in [2.24, 2.45) is 0 Å². The van der Waals surface area contributed by atoms with Gasteiger partial charge >= 0.3 is 6.03 Å². The Kier molecular flexibility index (Phi) is 8.72. The number of H-pyrrole nitrogens is 1. The third kappa shape index (κ3) is 5.94. The van der Waals surface area contributed by atoms with Gasteiger partial charge in [0.05, 0.1) is 12.3 Å². The molecule has 3 amide bonds. The highest BCUT2D eigenvalue weighted by atomic mass is 79.9. The summed E-state index contributed by atoms with van der Waals surface area (Å²) in [6, 6.07) is 18.5. The van der Waals surface area contributed by atoms with E-state index in [0.717, 1.165) is 5.56 Å². The standard InChI is InChI=1S/C31H30BrFN4O5/c1-17(19-6-4-3-5-7-19)28(29-34-18(2)26(35-29)24-13-10-21(32)14-25(24)33)37-30(40)27(36-31(37)41)20-8-11-23(12-9-20)42-16-22(39)15-38/h3-14,17,22,27-28,38-39H,15-16H2,1-2H3,(H,34,35)(H,36,41)/t17-,22+,27+,28-/m0/s1. The molecule has 0 unspecified atom stereocenters. The first-order chi connectivity index (χ1) is 20.2. The van der Waals surface area contributed by atoms with Crippen molar-refractivity contribution < 1.29 is 28.9 Å². The van der Waals surface area contributed by atoms with E-state index in [1.165, 1.54) is 11.0 Å². The average molecular weight is 638 g/mol. The van der Waals surface area contributed by atoms with Crippen LogP contribution < -0.4 is 10.1 Å². The van der Waals surface area contributed by atoms with Crippen LogP contribution >= 0.6 is 15.9 Å². The Labute approximate surface area is 250 Å². The molecule has 11 heteroatoms. The number of nitrogens with zero attached hydrogens (tertiary/aromatic N) is 2. The molecule has 0 saturated carbocycles. The van der Waals surface area contributed by atoms with Crippen molar-refractivity contribution in [1.82, 2.24) is 20.2 Å².